The average Bonchev–Trinajstić information content (AvgIpc) is 3.12. The van der Waals surface area contributed by atoms with Crippen LogP contribution in [0.25, 0.3) is 11.0 Å². The fourth-order valence-electron chi connectivity index (χ4n) is 3.38. The second-order valence-corrected chi connectivity index (χ2v) is 6.87. The van der Waals surface area contributed by atoms with E-state index in [2.05, 4.69) is 10.1 Å². The molecule has 0 radical (unpaired) electrons. The number of fused-ring (bicyclic) bond motifs is 1. The van der Waals surface area contributed by atoms with E-state index >= 15 is 0 Å². The monoisotopic (exact) mass is 422 g/mol. The van der Waals surface area contributed by atoms with Gasteiger partial charge >= 0.3 is 12.1 Å². The number of hydrogen-bond donors (Lipinski definition) is 1. The van der Waals surface area contributed by atoms with Gasteiger partial charge in [0.1, 0.15) is 5.75 Å². The summed E-state index contributed by atoms with van der Waals surface area (Å²) in [5.74, 6) is -1.01. The average molecular weight is 422 g/mol. The van der Waals surface area contributed by atoms with Crippen LogP contribution in [0.2, 0.25) is 0 Å². The summed E-state index contributed by atoms with van der Waals surface area (Å²) in [6, 6.07) is 4.50. The van der Waals surface area contributed by atoms with Crippen molar-refractivity contribution in [3.8, 4) is 5.75 Å². The number of alkyl halides is 3. The third-order valence-electron chi connectivity index (χ3n) is 4.62. The van der Waals surface area contributed by atoms with Crippen LogP contribution in [0, 0.1) is 0 Å². The van der Waals surface area contributed by atoms with Gasteiger partial charge in [-0.3, -0.25) is 4.98 Å². The molecule has 1 N–H and O–H groups in total. The third-order valence-corrected chi connectivity index (χ3v) is 4.62. The van der Waals surface area contributed by atoms with Gasteiger partial charge in [-0.2, -0.15) is 13.2 Å². The minimum atomic E-state index is -4.67. The van der Waals surface area contributed by atoms with E-state index in [1.54, 1.807) is 12.1 Å². The lowest BCUT2D eigenvalue weighted by molar-refractivity contribution is -0.145. The van der Waals surface area contributed by atoms with Crippen molar-refractivity contribution in [2.24, 2.45) is 0 Å². The Balaban J connectivity index is 2.22. The molecule has 0 aliphatic carbocycles. The Morgan fingerprint density at radius 2 is 2.00 bits per heavy atom. The summed E-state index contributed by atoms with van der Waals surface area (Å²) < 4.78 is 51.2. The first-order valence-electron chi connectivity index (χ1n) is 9.58. The van der Waals surface area contributed by atoms with Gasteiger partial charge in [0.2, 0.25) is 6.10 Å². The maximum absolute atomic E-state index is 13.4. The Hall–Kier alpha value is -3.10. The van der Waals surface area contributed by atoms with Gasteiger partial charge in [-0.25, -0.2) is 4.79 Å². The summed E-state index contributed by atoms with van der Waals surface area (Å²) in [5, 5.41) is 12.8. The number of ether oxygens (including phenoxy) is 1. The highest BCUT2D eigenvalue weighted by molar-refractivity contribution is 5.87. The topological polar surface area (TPSA) is 85.5 Å². The van der Waals surface area contributed by atoms with Crippen LogP contribution in [0.15, 0.2) is 35.1 Å². The molecule has 0 amide bonds. The molecular formula is C21H21F3N2O4. The van der Waals surface area contributed by atoms with Crippen LogP contribution in [0.1, 0.15) is 55.2 Å². The van der Waals surface area contributed by atoms with E-state index in [1.807, 2.05) is 13.8 Å². The molecule has 0 spiro atoms. The normalized spacial score (nSPS) is 12.8. The van der Waals surface area contributed by atoms with Crippen LogP contribution in [0.4, 0.5) is 13.2 Å². The molecule has 0 saturated carbocycles. The second-order valence-electron chi connectivity index (χ2n) is 6.87. The Bertz CT molecular complexity index is 1030. The van der Waals surface area contributed by atoms with E-state index < -0.39 is 23.9 Å². The highest BCUT2D eigenvalue weighted by Gasteiger charge is 2.38. The van der Waals surface area contributed by atoms with Crippen LogP contribution < -0.4 is 4.74 Å². The molecule has 30 heavy (non-hydrogen) atoms. The van der Waals surface area contributed by atoms with Crippen molar-refractivity contribution >= 4 is 16.9 Å². The summed E-state index contributed by atoms with van der Waals surface area (Å²) in [6.07, 6.45) is -1.18. The van der Waals surface area contributed by atoms with E-state index in [0.717, 1.165) is 0 Å². The summed E-state index contributed by atoms with van der Waals surface area (Å²) in [4.78, 5) is 15.8. The molecule has 6 nitrogen and oxygen atoms in total. The van der Waals surface area contributed by atoms with Gasteiger partial charge in [0, 0.05) is 23.5 Å². The summed E-state index contributed by atoms with van der Waals surface area (Å²) in [6.45, 7) is 3.74. The number of benzene rings is 1. The Morgan fingerprint density at radius 1 is 1.27 bits per heavy atom. The van der Waals surface area contributed by atoms with Crippen molar-refractivity contribution in [1.82, 2.24) is 10.1 Å². The molecule has 1 aromatic carbocycles. The first-order chi connectivity index (χ1) is 14.3. The number of aryl methyl sites for hydroxylation is 2. The zero-order chi connectivity index (χ0) is 21.9. The largest absolute Gasteiger partial charge is 0.478 e. The standard InChI is InChI=1S/C21H21F3N2O4/c1-3-6-12-10-15-18(30-26-19(15)21(22,23)24)14(7-4-2)16(12)29-17(20(27)28)13-8-5-9-25-11-13/h5,8-11,17H,3-4,6-7H2,1-2H3,(H,27,28). The minimum absolute atomic E-state index is 0.0330. The third kappa shape index (κ3) is 4.24. The van der Waals surface area contributed by atoms with Crippen molar-refractivity contribution in [3.05, 3.63) is 53.0 Å². The summed E-state index contributed by atoms with van der Waals surface area (Å²) in [7, 11) is 0. The molecule has 2 aromatic heterocycles. The van der Waals surface area contributed by atoms with E-state index in [1.165, 1.54) is 18.5 Å². The van der Waals surface area contributed by atoms with E-state index in [4.69, 9.17) is 9.26 Å². The lowest BCUT2D eigenvalue weighted by Gasteiger charge is -2.21. The number of halogens is 3. The van der Waals surface area contributed by atoms with Gasteiger partial charge < -0.3 is 14.4 Å². The molecule has 1 atom stereocenters. The number of aromatic nitrogens is 2. The van der Waals surface area contributed by atoms with Crippen LogP contribution in [-0.4, -0.2) is 21.2 Å². The van der Waals surface area contributed by atoms with E-state index in [0.29, 0.717) is 42.4 Å². The quantitative estimate of drug-likeness (QED) is 0.527. The van der Waals surface area contributed by atoms with Crippen LogP contribution in [0.5, 0.6) is 5.75 Å². The van der Waals surface area contributed by atoms with Gasteiger partial charge in [0.25, 0.3) is 0 Å². The van der Waals surface area contributed by atoms with Gasteiger partial charge in [0.05, 0.1) is 5.39 Å². The Labute approximate surface area is 170 Å². The number of rotatable bonds is 8. The smallest absolute Gasteiger partial charge is 0.437 e. The number of aliphatic carboxylic acids is 1. The van der Waals surface area contributed by atoms with Crippen LogP contribution >= 0.6 is 0 Å². The number of nitrogens with zero attached hydrogens (tertiary/aromatic N) is 2. The molecule has 3 aromatic rings. The highest BCUT2D eigenvalue weighted by atomic mass is 19.4. The van der Waals surface area contributed by atoms with Crippen molar-refractivity contribution in [2.45, 2.75) is 51.8 Å². The molecule has 1 unspecified atom stereocenters. The number of hydrogen-bond acceptors (Lipinski definition) is 5. The number of carboxylic acid groups (broad SMARTS) is 1. The molecule has 0 aliphatic rings. The number of carboxylic acids is 1. The number of pyridine rings is 1. The lowest BCUT2D eigenvalue weighted by Crippen LogP contribution is -2.20. The van der Waals surface area contributed by atoms with Gasteiger partial charge in [0.15, 0.2) is 11.3 Å². The second kappa shape index (κ2) is 8.73. The SMILES string of the molecule is CCCc1cc2c(C(F)(F)F)noc2c(CCC)c1OC(C(=O)O)c1cccnc1. The fourth-order valence-corrected chi connectivity index (χ4v) is 3.38. The van der Waals surface area contributed by atoms with E-state index in [9.17, 15) is 23.1 Å². The minimum Gasteiger partial charge on any atom is -0.478 e. The molecule has 0 saturated heterocycles. The van der Waals surface area contributed by atoms with Crippen molar-refractivity contribution < 1.29 is 32.3 Å². The van der Waals surface area contributed by atoms with Gasteiger partial charge in [-0.15, -0.1) is 0 Å². The maximum Gasteiger partial charge on any atom is 0.437 e. The number of carbonyl (C=O) groups is 1. The fraction of sp³-hybridized carbons (Fsp3) is 0.381. The molecule has 0 fully saturated rings. The molecule has 9 heteroatoms. The zero-order valence-corrected chi connectivity index (χ0v) is 16.5. The lowest BCUT2D eigenvalue weighted by atomic mass is 9.97. The molecule has 2 heterocycles. The van der Waals surface area contributed by atoms with Gasteiger partial charge in [-0.05, 0) is 30.5 Å². The van der Waals surface area contributed by atoms with E-state index in [-0.39, 0.29) is 16.7 Å². The molecule has 0 aliphatic heterocycles. The first-order valence-corrected chi connectivity index (χ1v) is 9.58. The zero-order valence-electron chi connectivity index (χ0n) is 16.5. The van der Waals surface area contributed by atoms with Gasteiger partial charge in [-0.1, -0.05) is 37.9 Å². The van der Waals surface area contributed by atoms with Crippen molar-refractivity contribution in [2.75, 3.05) is 0 Å². The van der Waals surface area contributed by atoms with Crippen LogP contribution in [-0.2, 0) is 23.8 Å². The molecule has 0 bridgehead atoms. The first kappa shape index (κ1) is 21.6. The molecule has 160 valence electrons. The maximum atomic E-state index is 13.4. The molecule has 3 rings (SSSR count). The summed E-state index contributed by atoms with van der Waals surface area (Å²) >= 11 is 0. The van der Waals surface area contributed by atoms with Crippen LogP contribution in [0.3, 0.4) is 0 Å². The summed E-state index contributed by atoms with van der Waals surface area (Å²) in [5.41, 5.74) is 0.0626. The Kier molecular flexibility index (Phi) is 6.28. The van der Waals surface area contributed by atoms with Crippen molar-refractivity contribution in [1.29, 1.82) is 0 Å². The molecular weight excluding hydrogens is 401 g/mol. The Morgan fingerprint density at radius 3 is 2.57 bits per heavy atom. The highest BCUT2D eigenvalue weighted by Crippen LogP contribution is 2.41. The van der Waals surface area contributed by atoms with Crippen molar-refractivity contribution in [3.63, 3.8) is 0 Å². The predicted octanol–water partition coefficient (Wildman–Crippen LogP) is 5.35. The predicted molar refractivity (Wildman–Crippen MR) is 102 cm³/mol.